The molecule has 0 amide bonds. The van der Waals surface area contributed by atoms with Crippen molar-refractivity contribution in [2.45, 2.75) is 74.7 Å². The molecule has 104 valence electrons. The molecule has 0 aliphatic rings. The van der Waals surface area contributed by atoms with Gasteiger partial charge in [0.1, 0.15) is 0 Å². The Morgan fingerprint density at radius 3 is 1.12 bits per heavy atom. The van der Waals surface area contributed by atoms with Crippen LogP contribution in [-0.4, -0.2) is 0 Å². The van der Waals surface area contributed by atoms with Crippen molar-refractivity contribution < 1.29 is 0 Å². The summed E-state index contributed by atoms with van der Waals surface area (Å²) in [6.45, 7) is 19.1. The quantitative estimate of drug-likeness (QED) is 0.487. The third kappa shape index (κ3) is 7.84. The standard InChI is InChI=1S/C17H36/c1-12(2)9-16(10-13(3)4)17(15(7)8)11-14(5)6/h12-17H,9-11H2,1-8H3. The largest absolute Gasteiger partial charge is 0.0628 e. The molecule has 1 atom stereocenters. The van der Waals surface area contributed by atoms with E-state index in [9.17, 15) is 0 Å². The van der Waals surface area contributed by atoms with E-state index >= 15 is 0 Å². The maximum Gasteiger partial charge on any atom is -0.0360 e. The molecule has 0 radical (unpaired) electrons. The van der Waals surface area contributed by atoms with E-state index in [4.69, 9.17) is 0 Å². The monoisotopic (exact) mass is 240 g/mol. The Morgan fingerprint density at radius 1 is 0.529 bits per heavy atom. The van der Waals surface area contributed by atoms with Crippen molar-refractivity contribution in [1.82, 2.24) is 0 Å². The maximum absolute atomic E-state index is 2.42. The predicted octanol–water partition coefficient (Wildman–Crippen LogP) is 6.01. The second-order valence-electron chi connectivity index (χ2n) is 7.56. The van der Waals surface area contributed by atoms with Crippen molar-refractivity contribution in [2.75, 3.05) is 0 Å². The minimum atomic E-state index is 0.833. The van der Waals surface area contributed by atoms with Crippen LogP contribution in [0.25, 0.3) is 0 Å². The molecule has 0 bridgehead atoms. The van der Waals surface area contributed by atoms with Crippen molar-refractivity contribution >= 4 is 0 Å². The lowest BCUT2D eigenvalue weighted by molar-refractivity contribution is 0.163. The molecule has 0 aliphatic carbocycles. The van der Waals surface area contributed by atoms with Gasteiger partial charge < -0.3 is 0 Å². The van der Waals surface area contributed by atoms with Gasteiger partial charge in [0, 0.05) is 0 Å². The Morgan fingerprint density at radius 2 is 0.882 bits per heavy atom. The van der Waals surface area contributed by atoms with Gasteiger partial charge in [0.2, 0.25) is 0 Å². The van der Waals surface area contributed by atoms with Gasteiger partial charge in [-0.25, -0.2) is 0 Å². The first-order chi connectivity index (χ1) is 7.73. The van der Waals surface area contributed by atoms with Crippen LogP contribution in [0.3, 0.4) is 0 Å². The molecule has 0 rings (SSSR count). The van der Waals surface area contributed by atoms with Crippen LogP contribution in [0.1, 0.15) is 74.7 Å². The predicted molar refractivity (Wildman–Crippen MR) is 80.2 cm³/mol. The van der Waals surface area contributed by atoms with E-state index in [1.807, 2.05) is 0 Å². The second kappa shape index (κ2) is 8.16. The minimum absolute atomic E-state index is 0.833. The average molecular weight is 240 g/mol. The van der Waals surface area contributed by atoms with Crippen LogP contribution in [-0.2, 0) is 0 Å². The molecule has 17 heavy (non-hydrogen) atoms. The van der Waals surface area contributed by atoms with Crippen molar-refractivity contribution in [2.24, 2.45) is 35.5 Å². The Labute approximate surface area is 111 Å². The van der Waals surface area contributed by atoms with E-state index in [0.717, 1.165) is 35.5 Å². The molecule has 0 heterocycles. The third-order valence-corrected chi connectivity index (χ3v) is 3.75. The van der Waals surface area contributed by atoms with Crippen LogP contribution in [0.15, 0.2) is 0 Å². The summed E-state index contributed by atoms with van der Waals surface area (Å²) in [5.41, 5.74) is 0. The summed E-state index contributed by atoms with van der Waals surface area (Å²) in [5, 5.41) is 0. The smallest absolute Gasteiger partial charge is 0.0360 e. The van der Waals surface area contributed by atoms with Crippen LogP contribution in [0.4, 0.5) is 0 Å². The van der Waals surface area contributed by atoms with Gasteiger partial charge in [-0.15, -0.1) is 0 Å². The molecule has 1 unspecified atom stereocenters. The summed E-state index contributed by atoms with van der Waals surface area (Å²) < 4.78 is 0. The van der Waals surface area contributed by atoms with Crippen molar-refractivity contribution in [3.8, 4) is 0 Å². The van der Waals surface area contributed by atoms with Crippen LogP contribution in [0.5, 0.6) is 0 Å². The van der Waals surface area contributed by atoms with E-state index < -0.39 is 0 Å². The molecule has 0 saturated carbocycles. The molecular weight excluding hydrogens is 204 g/mol. The van der Waals surface area contributed by atoms with Crippen molar-refractivity contribution in [3.63, 3.8) is 0 Å². The molecule has 0 aromatic carbocycles. The van der Waals surface area contributed by atoms with Crippen LogP contribution in [0, 0.1) is 35.5 Å². The molecule has 0 nitrogen and oxygen atoms in total. The normalized spacial score (nSPS) is 14.6. The first kappa shape index (κ1) is 17.0. The summed E-state index contributed by atoms with van der Waals surface area (Å²) in [6.07, 6.45) is 4.23. The van der Waals surface area contributed by atoms with Crippen molar-refractivity contribution in [3.05, 3.63) is 0 Å². The van der Waals surface area contributed by atoms with E-state index in [2.05, 4.69) is 55.4 Å². The summed E-state index contributed by atoms with van der Waals surface area (Å²) in [7, 11) is 0. The average Bonchev–Trinajstić information content (AvgIpc) is 2.10. The van der Waals surface area contributed by atoms with Gasteiger partial charge in [-0.05, 0) is 54.8 Å². The number of rotatable bonds is 8. The van der Waals surface area contributed by atoms with Crippen LogP contribution >= 0.6 is 0 Å². The van der Waals surface area contributed by atoms with Gasteiger partial charge in [-0.1, -0.05) is 55.4 Å². The van der Waals surface area contributed by atoms with Crippen molar-refractivity contribution in [1.29, 1.82) is 0 Å². The summed E-state index contributed by atoms with van der Waals surface area (Å²) in [5.74, 6) is 5.20. The van der Waals surface area contributed by atoms with E-state index in [0.29, 0.717) is 0 Å². The maximum atomic E-state index is 2.42. The molecular formula is C17H36. The minimum Gasteiger partial charge on any atom is -0.0628 e. The van der Waals surface area contributed by atoms with Gasteiger partial charge in [-0.2, -0.15) is 0 Å². The molecule has 0 fully saturated rings. The zero-order chi connectivity index (χ0) is 13.6. The zero-order valence-electron chi connectivity index (χ0n) is 13.6. The van der Waals surface area contributed by atoms with Gasteiger partial charge in [-0.3, -0.25) is 0 Å². The lowest BCUT2D eigenvalue weighted by atomic mass is 9.72. The molecule has 0 spiro atoms. The highest BCUT2D eigenvalue weighted by Crippen LogP contribution is 2.35. The zero-order valence-corrected chi connectivity index (χ0v) is 13.6. The van der Waals surface area contributed by atoms with Gasteiger partial charge in [0.25, 0.3) is 0 Å². The molecule has 0 aromatic rings. The first-order valence-corrected chi connectivity index (χ1v) is 7.73. The first-order valence-electron chi connectivity index (χ1n) is 7.73. The summed E-state index contributed by atoms with van der Waals surface area (Å²) in [4.78, 5) is 0. The molecule has 0 N–H and O–H groups in total. The van der Waals surface area contributed by atoms with E-state index in [-0.39, 0.29) is 0 Å². The summed E-state index contributed by atoms with van der Waals surface area (Å²) in [6, 6.07) is 0. The highest BCUT2D eigenvalue weighted by Gasteiger charge is 2.26. The SMILES string of the molecule is CC(C)CC(CC(C)C)C(CC(C)C)C(C)C. The number of hydrogen-bond acceptors (Lipinski definition) is 0. The highest BCUT2D eigenvalue weighted by molar-refractivity contribution is 4.76. The fourth-order valence-electron chi connectivity index (χ4n) is 3.21. The fourth-order valence-corrected chi connectivity index (χ4v) is 3.21. The molecule has 0 heteroatoms. The van der Waals surface area contributed by atoms with Gasteiger partial charge >= 0.3 is 0 Å². The Kier molecular flexibility index (Phi) is 8.16. The second-order valence-corrected chi connectivity index (χ2v) is 7.56. The fraction of sp³-hybridized carbons (Fsp3) is 1.00. The topological polar surface area (TPSA) is 0 Å². The van der Waals surface area contributed by atoms with E-state index in [1.165, 1.54) is 19.3 Å². The lowest BCUT2D eigenvalue weighted by Crippen LogP contribution is -2.25. The van der Waals surface area contributed by atoms with Gasteiger partial charge in [0.05, 0.1) is 0 Å². The Bertz CT molecular complexity index is 166. The van der Waals surface area contributed by atoms with E-state index in [1.54, 1.807) is 0 Å². The van der Waals surface area contributed by atoms with Crippen LogP contribution in [0.2, 0.25) is 0 Å². The molecule has 0 aromatic heterocycles. The Balaban J connectivity index is 4.66. The third-order valence-electron chi connectivity index (χ3n) is 3.75. The van der Waals surface area contributed by atoms with Gasteiger partial charge in [0.15, 0.2) is 0 Å². The lowest BCUT2D eigenvalue weighted by Gasteiger charge is -2.34. The molecule has 0 saturated heterocycles. The van der Waals surface area contributed by atoms with Crippen LogP contribution < -0.4 is 0 Å². The molecule has 0 aliphatic heterocycles. The Hall–Kier alpha value is 0. The number of hydrogen-bond donors (Lipinski definition) is 0. The highest BCUT2D eigenvalue weighted by atomic mass is 14.3. The summed E-state index contributed by atoms with van der Waals surface area (Å²) >= 11 is 0.